The molecule has 1 heterocycles. The van der Waals surface area contributed by atoms with Gasteiger partial charge in [0, 0.05) is 18.5 Å². The van der Waals surface area contributed by atoms with Crippen molar-refractivity contribution in [1.29, 1.82) is 0 Å². The minimum absolute atomic E-state index is 0.0165. The molecular formula is C21H20FN3O3S. The normalized spacial score (nSPS) is 10.6. The average Bonchev–Trinajstić information content (AvgIpc) is 3.16. The Hall–Kier alpha value is -3.13. The molecule has 0 aliphatic heterocycles. The van der Waals surface area contributed by atoms with Crippen molar-refractivity contribution in [3.05, 3.63) is 63.9 Å². The van der Waals surface area contributed by atoms with Crippen molar-refractivity contribution < 1.29 is 18.7 Å². The highest BCUT2D eigenvalue weighted by atomic mass is 32.1. The van der Waals surface area contributed by atoms with Crippen LogP contribution in [0.3, 0.4) is 0 Å². The number of rotatable bonds is 8. The summed E-state index contributed by atoms with van der Waals surface area (Å²) in [7, 11) is 0. The third-order valence-electron chi connectivity index (χ3n) is 4.21. The van der Waals surface area contributed by atoms with E-state index in [-0.39, 0.29) is 12.2 Å². The summed E-state index contributed by atoms with van der Waals surface area (Å²) in [5, 5.41) is 12.6. The Kier molecular flexibility index (Phi) is 6.66. The average molecular weight is 413 g/mol. The van der Waals surface area contributed by atoms with E-state index < -0.39 is 11.7 Å². The summed E-state index contributed by atoms with van der Waals surface area (Å²) in [4.78, 5) is 22.6. The first-order chi connectivity index (χ1) is 14.0. The lowest BCUT2D eigenvalue weighted by Crippen LogP contribution is -2.26. The van der Waals surface area contributed by atoms with Crippen LogP contribution >= 0.6 is 11.3 Å². The van der Waals surface area contributed by atoms with Gasteiger partial charge in [-0.25, -0.2) is 4.39 Å². The van der Waals surface area contributed by atoms with E-state index in [0.29, 0.717) is 18.7 Å². The van der Waals surface area contributed by atoms with Crippen LogP contribution in [0.4, 0.5) is 4.39 Å². The van der Waals surface area contributed by atoms with E-state index in [1.807, 2.05) is 26.0 Å². The number of halogens is 1. The first kappa shape index (κ1) is 20.6. The molecule has 0 aliphatic carbocycles. The van der Waals surface area contributed by atoms with Gasteiger partial charge < -0.3 is 10.1 Å². The van der Waals surface area contributed by atoms with E-state index in [2.05, 4.69) is 15.5 Å². The summed E-state index contributed by atoms with van der Waals surface area (Å²) in [6, 6.07) is 9.74. The summed E-state index contributed by atoms with van der Waals surface area (Å²) >= 11 is 1.43. The number of nitrogens with one attached hydrogen (secondary N) is 1. The van der Waals surface area contributed by atoms with E-state index in [4.69, 9.17) is 4.74 Å². The van der Waals surface area contributed by atoms with Crippen LogP contribution in [0.1, 0.15) is 26.5 Å². The van der Waals surface area contributed by atoms with Gasteiger partial charge in [0.25, 0.3) is 5.91 Å². The number of aromatic nitrogens is 2. The van der Waals surface area contributed by atoms with Crippen molar-refractivity contribution in [1.82, 2.24) is 15.5 Å². The fourth-order valence-electron chi connectivity index (χ4n) is 2.91. The molecule has 0 saturated heterocycles. The van der Waals surface area contributed by atoms with E-state index in [1.54, 1.807) is 12.1 Å². The monoisotopic (exact) mass is 413 g/mol. The highest BCUT2D eigenvalue weighted by Crippen LogP contribution is 2.31. The first-order valence-electron chi connectivity index (χ1n) is 9.02. The lowest BCUT2D eigenvalue weighted by molar-refractivity contribution is -0.109. The van der Waals surface area contributed by atoms with Gasteiger partial charge in [-0.15, -0.1) is 10.2 Å². The Balaban J connectivity index is 1.63. The van der Waals surface area contributed by atoms with Gasteiger partial charge in [0.15, 0.2) is 6.29 Å². The number of aldehydes is 1. The number of hydrogen-bond acceptors (Lipinski definition) is 6. The minimum atomic E-state index is -0.547. The molecule has 8 heteroatoms. The smallest absolute Gasteiger partial charge is 0.254 e. The number of hydrogen-bond donors (Lipinski definition) is 1. The lowest BCUT2D eigenvalue weighted by Gasteiger charge is -2.11. The summed E-state index contributed by atoms with van der Waals surface area (Å²) in [6.45, 7) is 4.18. The summed E-state index contributed by atoms with van der Waals surface area (Å²) in [5.41, 5.74) is 2.76. The fourth-order valence-corrected chi connectivity index (χ4v) is 3.74. The van der Waals surface area contributed by atoms with Gasteiger partial charge in [-0.3, -0.25) is 9.59 Å². The van der Waals surface area contributed by atoms with E-state index in [1.165, 1.54) is 23.5 Å². The van der Waals surface area contributed by atoms with Crippen LogP contribution in [-0.2, 0) is 11.2 Å². The molecule has 1 aromatic heterocycles. The van der Waals surface area contributed by atoms with Crippen molar-refractivity contribution in [3.8, 4) is 16.3 Å². The van der Waals surface area contributed by atoms with Gasteiger partial charge in [-0.2, -0.15) is 0 Å². The van der Waals surface area contributed by atoms with Crippen LogP contribution in [0.25, 0.3) is 10.6 Å². The van der Waals surface area contributed by atoms with Gasteiger partial charge in [0.1, 0.15) is 28.2 Å². The van der Waals surface area contributed by atoms with Gasteiger partial charge >= 0.3 is 0 Å². The van der Waals surface area contributed by atoms with Crippen LogP contribution in [-0.4, -0.2) is 35.5 Å². The zero-order valence-electron chi connectivity index (χ0n) is 16.1. The third-order valence-corrected chi connectivity index (χ3v) is 5.24. The van der Waals surface area contributed by atoms with Gasteiger partial charge in [0.05, 0.1) is 5.56 Å². The third kappa shape index (κ3) is 5.03. The lowest BCUT2D eigenvalue weighted by atomic mass is 10.1. The maximum absolute atomic E-state index is 13.6. The fraction of sp³-hybridized carbons (Fsp3) is 0.238. The van der Waals surface area contributed by atoms with Crippen molar-refractivity contribution >= 4 is 23.5 Å². The SMILES string of the molecule is Cc1cc(-c2nnc(CCNC(=O)c3ccccc3F)s2)cc(C)c1OCC=O. The number of aryl methyl sites for hydroxylation is 2. The summed E-state index contributed by atoms with van der Waals surface area (Å²) in [6.07, 6.45) is 1.21. The molecule has 150 valence electrons. The molecule has 0 spiro atoms. The standard InChI is InChI=1S/C21H20FN3O3S/c1-13-11-15(12-14(2)19(13)28-10-9-26)21-25-24-18(29-21)7-8-23-20(27)16-5-3-4-6-17(16)22/h3-6,9,11-12H,7-8,10H2,1-2H3,(H,23,27). The number of amides is 1. The Labute approximate surface area is 171 Å². The predicted molar refractivity (Wildman–Crippen MR) is 109 cm³/mol. The molecule has 0 aliphatic rings. The number of carbonyl (C=O) groups is 2. The van der Waals surface area contributed by atoms with Gasteiger partial charge in [-0.05, 0) is 49.2 Å². The molecule has 0 fully saturated rings. The zero-order chi connectivity index (χ0) is 20.8. The highest BCUT2D eigenvalue weighted by molar-refractivity contribution is 7.14. The van der Waals surface area contributed by atoms with Crippen molar-refractivity contribution in [2.75, 3.05) is 13.2 Å². The Bertz CT molecular complexity index is 1010. The molecule has 0 bridgehead atoms. The van der Waals surface area contributed by atoms with Gasteiger partial charge in [-0.1, -0.05) is 23.5 Å². The maximum atomic E-state index is 13.6. The predicted octanol–water partition coefficient (Wildman–Crippen LogP) is 3.51. The highest BCUT2D eigenvalue weighted by Gasteiger charge is 2.13. The molecule has 6 nitrogen and oxygen atoms in total. The van der Waals surface area contributed by atoms with Crippen molar-refractivity contribution in [2.24, 2.45) is 0 Å². The molecule has 29 heavy (non-hydrogen) atoms. The quantitative estimate of drug-likeness (QED) is 0.572. The van der Waals surface area contributed by atoms with E-state index in [9.17, 15) is 14.0 Å². The molecule has 0 atom stereocenters. The van der Waals surface area contributed by atoms with E-state index >= 15 is 0 Å². The van der Waals surface area contributed by atoms with Crippen LogP contribution < -0.4 is 10.1 Å². The summed E-state index contributed by atoms with van der Waals surface area (Å²) in [5.74, 6) is -0.305. The van der Waals surface area contributed by atoms with Crippen molar-refractivity contribution in [3.63, 3.8) is 0 Å². The van der Waals surface area contributed by atoms with Crippen LogP contribution in [0, 0.1) is 19.7 Å². The molecular weight excluding hydrogens is 393 g/mol. The molecule has 0 unspecified atom stereocenters. The topological polar surface area (TPSA) is 81.2 Å². The molecule has 3 aromatic rings. The van der Waals surface area contributed by atoms with Crippen LogP contribution in [0.15, 0.2) is 36.4 Å². The zero-order valence-corrected chi connectivity index (χ0v) is 16.9. The maximum Gasteiger partial charge on any atom is 0.254 e. The number of ether oxygens (including phenoxy) is 1. The number of benzene rings is 2. The van der Waals surface area contributed by atoms with Crippen molar-refractivity contribution in [2.45, 2.75) is 20.3 Å². The largest absolute Gasteiger partial charge is 0.486 e. The molecule has 0 saturated carbocycles. The minimum Gasteiger partial charge on any atom is -0.486 e. The van der Waals surface area contributed by atoms with Gasteiger partial charge in [0.2, 0.25) is 0 Å². The molecule has 2 aromatic carbocycles. The second-order valence-electron chi connectivity index (χ2n) is 6.40. The van der Waals surface area contributed by atoms with E-state index in [0.717, 1.165) is 33.0 Å². The first-order valence-corrected chi connectivity index (χ1v) is 9.84. The summed E-state index contributed by atoms with van der Waals surface area (Å²) < 4.78 is 19.1. The molecule has 3 rings (SSSR count). The Morgan fingerprint density at radius 3 is 2.62 bits per heavy atom. The Morgan fingerprint density at radius 1 is 1.21 bits per heavy atom. The second kappa shape index (κ2) is 9.38. The molecule has 0 radical (unpaired) electrons. The molecule has 1 N–H and O–H groups in total. The second-order valence-corrected chi connectivity index (χ2v) is 7.47. The number of nitrogens with zero attached hydrogens (tertiary/aromatic N) is 2. The van der Waals surface area contributed by atoms with Crippen LogP contribution in [0.2, 0.25) is 0 Å². The number of carbonyl (C=O) groups excluding carboxylic acids is 2. The molecule has 1 amide bonds. The Morgan fingerprint density at radius 2 is 1.93 bits per heavy atom. The van der Waals surface area contributed by atoms with Crippen LogP contribution in [0.5, 0.6) is 5.75 Å².